The fourth-order valence-electron chi connectivity index (χ4n) is 5.47. The third-order valence-corrected chi connectivity index (χ3v) is 8.97. The molecule has 0 saturated heterocycles. The SMILES string of the molecule is COc1ccc([C@@H]2C3=C(N=c4s/c(=C\c5ccc(N(C)C)c(Br)c5)c(=O)n42)c2ccccc2CC3)cc1OC. The number of rotatable bonds is 5. The molecule has 1 aliphatic carbocycles. The van der Waals surface area contributed by atoms with Gasteiger partial charge in [0.1, 0.15) is 0 Å². The fraction of sp³-hybridized carbons (Fsp3) is 0.226. The molecule has 3 aromatic carbocycles. The number of hydrogen-bond acceptors (Lipinski definition) is 6. The van der Waals surface area contributed by atoms with E-state index in [1.165, 1.54) is 16.9 Å². The first-order chi connectivity index (χ1) is 18.9. The molecule has 0 fully saturated rings. The largest absolute Gasteiger partial charge is 0.493 e. The molecule has 0 unspecified atom stereocenters. The smallest absolute Gasteiger partial charge is 0.271 e. The molecule has 6 rings (SSSR count). The lowest BCUT2D eigenvalue weighted by molar-refractivity contribution is 0.354. The van der Waals surface area contributed by atoms with E-state index >= 15 is 0 Å². The van der Waals surface area contributed by atoms with E-state index < -0.39 is 0 Å². The van der Waals surface area contributed by atoms with Gasteiger partial charge in [-0.2, -0.15) is 0 Å². The predicted molar refractivity (Wildman–Crippen MR) is 161 cm³/mol. The molecule has 0 amide bonds. The summed E-state index contributed by atoms with van der Waals surface area (Å²) >= 11 is 5.10. The number of aromatic nitrogens is 1. The third-order valence-electron chi connectivity index (χ3n) is 7.35. The van der Waals surface area contributed by atoms with Gasteiger partial charge in [0, 0.05) is 24.1 Å². The Morgan fingerprint density at radius 3 is 2.56 bits per heavy atom. The summed E-state index contributed by atoms with van der Waals surface area (Å²) in [5.41, 5.74) is 7.52. The molecule has 0 radical (unpaired) electrons. The summed E-state index contributed by atoms with van der Waals surface area (Å²) in [5.74, 6) is 1.29. The molecular weight excluding hydrogens is 574 g/mol. The van der Waals surface area contributed by atoms with Crippen LogP contribution in [-0.4, -0.2) is 32.9 Å². The molecule has 0 saturated carbocycles. The molecule has 8 heteroatoms. The van der Waals surface area contributed by atoms with E-state index in [1.54, 1.807) is 14.2 Å². The summed E-state index contributed by atoms with van der Waals surface area (Å²) in [7, 11) is 7.27. The molecule has 4 aromatic rings. The summed E-state index contributed by atoms with van der Waals surface area (Å²) in [4.78, 5) is 21.9. The van der Waals surface area contributed by atoms with Crippen LogP contribution < -0.4 is 29.3 Å². The lowest BCUT2D eigenvalue weighted by Crippen LogP contribution is -2.38. The Morgan fingerprint density at radius 1 is 1.03 bits per heavy atom. The summed E-state index contributed by atoms with van der Waals surface area (Å²) in [6.45, 7) is 0. The summed E-state index contributed by atoms with van der Waals surface area (Å²) in [5, 5.41) is 0. The second-order valence-electron chi connectivity index (χ2n) is 9.83. The van der Waals surface area contributed by atoms with Crippen molar-refractivity contribution in [1.29, 1.82) is 0 Å². The zero-order valence-corrected chi connectivity index (χ0v) is 24.6. The van der Waals surface area contributed by atoms with Crippen molar-refractivity contribution in [2.45, 2.75) is 18.9 Å². The molecule has 2 heterocycles. The minimum absolute atomic E-state index is 0.0447. The van der Waals surface area contributed by atoms with Gasteiger partial charge in [0.15, 0.2) is 16.3 Å². The Kier molecular flexibility index (Phi) is 6.69. The van der Waals surface area contributed by atoms with Gasteiger partial charge in [-0.25, -0.2) is 4.99 Å². The summed E-state index contributed by atoms with van der Waals surface area (Å²) in [6, 6.07) is 20.2. The first kappa shape index (κ1) is 25.6. The van der Waals surface area contributed by atoms with Crippen molar-refractivity contribution >= 4 is 44.7 Å². The molecule has 2 aliphatic rings. The topological polar surface area (TPSA) is 56.1 Å². The summed E-state index contributed by atoms with van der Waals surface area (Å²) < 4.78 is 14.6. The van der Waals surface area contributed by atoms with Gasteiger partial charge in [0.25, 0.3) is 5.56 Å². The number of anilines is 1. The van der Waals surface area contributed by atoms with Gasteiger partial charge >= 0.3 is 0 Å². The molecule has 1 aromatic heterocycles. The van der Waals surface area contributed by atoms with E-state index in [0.29, 0.717) is 20.8 Å². The maximum Gasteiger partial charge on any atom is 0.271 e. The molecule has 1 aliphatic heterocycles. The number of methoxy groups -OCH3 is 2. The van der Waals surface area contributed by atoms with Gasteiger partial charge < -0.3 is 14.4 Å². The van der Waals surface area contributed by atoms with Crippen LogP contribution >= 0.6 is 27.3 Å². The van der Waals surface area contributed by atoms with E-state index in [4.69, 9.17) is 14.5 Å². The van der Waals surface area contributed by atoms with E-state index in [1.807, 2.05) is 60.0 Å². The molecule has 39 heavy (non-hydrogen) atoms. The van der Waals surface area contributed by atoms with E-state index in [0.717, 1.165) is 51.0 Å². The average Bonchev–Trinajstić information content (AvgIpc) is 3.25. The first-order valence-electron chi connectivity index (χ1n) is 12.7. The van der Waals surface area contributed by atoms with Crippen LogP contribution in [0.1, 0.15) is 34.7 Å². The molecule has 0 bridgehead atoms. The second kappa shape index (κ2) is 10.2. The number of nitrogens with zero attached hydrogens (tertiary/aromatic N) is 3. The van der Waals surface area contributed by atoms with Crippen molar-refractivity contribution in [3.05, 3.63) is 113 Å². The molecule has 198 valence electrons. The minimum atomic E-state index is -0.283. The van der Waals surface area contributed by atoms with Gasteiger partial charge in [-0.1, -0.05) is 47.7 Å². The minimum Gasteiger partial charge on any atom is -0.493 e. The quantitative estimate of drug-likeness (QED) is 0.317. The standard InChI is InChI=1S/C31H28BrN3O3S/c1-34(2)24-13-9-18(15-23(24)32)16-27-30(36)35-29(20-11-14-25(37-3)26(17-20)38-4)22-12-10-19-7-5-6-8-21(19)28(22)33-31(35)39-27/h5-9,11,13-17,29H,10,12H2,1-4H3/b27-16-/t29-/m1/s1. The zero-order chi connectivity index (χ0) is 27.3. The molecule has 1 atom stereocenters. The van der Waals surface area contributed by atoms with Gasteiger partial charge in [-0.05, 0) is 81.4 Å². The highest BCUT2D eigenvalue weighted by Crippen LogP contribution is 2.42. The van der Waals surface area contributed by atoms with E-state index in [2.05, 4.69) is 46.3 Å². The van der Waals surface area contributed by atoms with Crippen LogP contribution in [0.5, 0.6) is 11.5 Å². The Bertz CT molecular complexity index is 1820. The van der Waals surface area contributed by atoms with Crippen LogP contribution in [0, 0.1) is 0 Å². The molecule has 0 spiro atoms. The number of fused-ring (bicyclic) bond motifs is 3. The van der Waals surface area contributed by atoms with Crippen molar-refractivity contribution in [2.75, 3.05) is 33.2 Å². The van der Waals surface area contributed by atoms with E-state index in [-0.39, 0.29) is 11.6 Å². The molecule has 0 N–H and O–H groups in total. The van der Waals surface area contributed by atoms with Crippen LogP contribution in [-0.2, 0) is 6.42 Å². The van der Waals surface area contributed by atoms with Crippen LogP contribution in [0.3, 0.4) is 0 Å². The number of ether oxygens (including phenoxy) is 2. The maximum absolute atomic E-state index is 14.0. The lowest BCUT2D eigenvalue weighted by Gasteiger charge is -2.31. The zero-order valence-electron chi connectivity index (χ0n) is 22.2. The Balaban J connectivity index is 1.58. The monoisotopic (exact) mass is 601 g/mol. The Labute approximate surface area is 239 Å². The first-order valence-corrected chi connectivity index (χ1v) is 14.3. The highest BCUT2D eigenvalue weighted by Gasteiger charge is 2.33. The van der Waals surface area contributed by atoms with Crippen molar-refractivity contribution in [3.63, 3.8) is 0 Å². The van der Waals surface area contributed by atoms with Gasteiger partial charge in [-0.3, -0.25) is 9.36 Å². The number of thiazole rings is 1. The number of aryl methyl sites for hydroxylation is 1. The fourth-order valence-corrected chi connectivity index (χ4v) is 7.22. The highest BCUT2D eigenvalue weighted by molar-refractivity contribution is 9.10. The van der Waals surface area contributed by atoms with Crippen molar-refractivity contribution in [2.24, 2.45) is 4.99 Å². The Hall–Kier alpha value is -3.62. The number of hydrogen-bond donors (Lipinski definition) is 0. The average molecular weight is 603 g/mol. The van der Waals surface area contributed by atoms with Crippen LogP contribution in [0.25, 0.3) is 11.8 Å². The van der Waals surface area contributed by atoms with Crippen molar-refractivity contribution in [3.8, 4) is 11.5 Å². The molecular formula is C31H28BrN3O3S. The van der Waals surface area contributed by atoms with Gasteiger partial charge in [0.05, 0.1) is 36.2 Å². The normalized spacial score (nSPS) is 16.2. The molecule has 6 nitrogen and oxygen atoms in total. The Morgan fingerprint density at radius 2 is 1.82 bits per heavy atom. The van der Waals surface area contributed by atoms with Crippen LogP contribution in [0.4, 0.5) is 5.69 Å². The number of allylic oxidation sites excluding steroid dienone is 1. The van der Waals surface area contributed by atoms with Crippen molar-refractivity contribution < 1.29 is 9.47 Å². The van der Waals surface area contributed by atoms with Gasteiger partial charge in [0.2, 0.25) is 0 Å². The van der Waals surface area contributed by atoms with Crippen molar-refractivity contribution in [1.82, 2.24) is 4.57 Å². The highest BCUT2D eigenvalue weighted by atomic mass is 79.9. The van der Waals surface area contributed by atoms with Gasteiger partial charge in [-0.15, -0.1) is 0 Å². The summed E-state index contributed by atoms with van der Waals surface area (Å²) in [6.07, 6.45) is 3.69. The van der Waals surface area contributed by atoms with Crippen LogP contribution in [0.2, 0.25) is 0 Å². The third kappa shape index (κ3) is 4.41. The lowest BCUT2D eigenvalue weighted by atomic mass is 9.83. The number of benzene rings is 3. The second-order valence-corrected chi connectivity index (χ2v) is 11.7. The number of halogens is 1. The van der Waals surface area contributed by atoms with E-state index in [9.17, 15) is 4.79 Å². The van der Waals surface area contributed by atoms with Crippen LogP contribution in [0.15, 0.2) is 80.5 Å². The predicted octanol–water partition coefficient (Wildman–Crippen LogP) is 5.16. The maximum atomic E-state index is 14.0.